The van der Waals surface area contributed by atoms with Crippen LogP contribution in [0, 0.1) is 0 Å². The second kappa shape index (κ2) is 9.62. The summed E-state index contributed by atoms with van der Waals surface area (Å²) in [7, 11) is 1.68. The van der Waals surface area contributed by atoms with Crippen molar-refractivity contribution in [3.63, 3.8) is 0 Å². The molecule has 1 heterocycles. The van der Waals surface area contributed by atoms with Crippen LogP contribution in [0.4, 0.5) is 5.69 Å². The first-order valence-electron chi connectivity index (χ1n) is 9.38. The molecule has 2 aromatic rings. The first kappa shape index (κ1) is 19.5. The van der Waals surface area contributed by atoms with Crippen molar-refractivity contribution in [1.29, 1.82) is 0 Å². The summed E-state index contributed by atoms with van der Waals surface area (Å²) in [6, 6.07) is 15.9. The summed E-state index contributed by atoms with van der Waals surface area (Å²) in [4.78, 5) is 15.9. The van der Waals surface area contributed by atoms with Crippen molar-refractivity contribution in [2.75, 3.05) is 51.3 Å². The van der Waals surface area contributed by atoms with Gasteiger partial charge in [-0.1, -0.05) is 23.7 Å². The molecule has 0 saturated carbocycles. The van der Waals surface area contributed by atoms with Crippen LogP contribution in [0.25, 0.3) is 0 Å². The van der Waals surface area contributed by atoms with Gasteiger partial charge in [0.15, 0.2) is 6.54 Å². The molecule has 27 heavy (non-hydrogen) atoms. The van der Waals surface area contributed by atoms with Gasteiger partial charge in [-0.2, -0.15) is 0 Å². The number of nitrogens with one attached hydrogen (secondary N) is 2. The minimum absolute atomic E-state index is 0.116. The Morgan fingerprint density at radius 2 is 1.93 bits per heavy atom. The van der Waals surface area contributed by atoms with Crippen LogP contribution in [0.1, 0.15) is 5.56 Å². The molecule has 0 radical (unpaired) electrons. The van der Waals surface area contributed by atoms with Gasteiger partial charge in [-0.25, -0.2) is 0 Å². The van der Waals surface area contributed by atoms with Crippen molar-refractivity contribution < 1.29 is 14.4 Å². The van der Waals surface area contributed by atoms with E-state index in [2.05, 4.69) is 22.3 Å². The first-order valence-corrected chi connectivity index (χ1v) is 9.75. The van der Waals surface area contributed by atoms with Crippen LogP contribution in [-0.2, 0) is 11.2 Å². The highest BCUT2D eigenvalue weighted by molar-refractivity contribution is 6.30. The second-order valence-electron chi connectivity index (χ2n) is 6.84. The third-order valence-electron chi connectivity index (χ3n) is 4.94. The van der Waals surface area contributed by atoms with E-state index in [4.69, 9.17) is 16.3 Å². The van der Waals surface area contributed by atoms with Gasteiger partial charge in [0, 0.05) is 17.3 Å². The predicted molar refractivity (Wildman–Crippen MR) is 109 cm³/mol. The smallest absolute Gasteiger partial charge is 0.275 e. The van der Waals surface area contributed by atoms with E-state index in [9.17, 15) is 4.79 Å². The lowest BCUT2D eigenvalue weighted by Crippen LogP contribution is -3.16. The number of methoxy groups -OCH3 is 1. The lowest BCUT2D eigenvalue weighted by atomic mass is 10.1. The van der Waals surface area contributed by atoms with Crippen molar-refractivity contribution in [3.8, 4) is 5.75 Å². The van der Waals surface area contributed by atoms with E-state index in [-0.39, 0.29) is 5.91 Å². The fraction of sp³-hybridized carbons (Fsp3) is 0.381. The normalized spacial score (nSPS) is 14.8. The zero-order valence-corrected chi connectivity index (χ0v) is 16.5. The Labute approximate surface area is 165 Å². The number of hydrogen-bond acceptors (Lipinski definition) is 3. The molecular weight excluding hydrogens is 362 g/mol. The zero-order valence-electron chi connectivity index (χ0n) is 15.7. The van der Waals surface area contributed by atoms with Gasteiger partial charge in [0.25, 0.3) is 5.91 Å². The molecule has 0 aliphatic carbocycles. The Bertz CT molecular complexity index is 743. The molecule has 2 N–H and O–H groups in total. The van der Waals surface area contributed by atoms with Gasteiger partial charge < -0.3 is 19.9 Å². The Morgan fingerprint density at radius 1 is 1.19 bits per heavy atom. The van der Waals surface area contributed by atoms with Gasteiger partial charge >= 0.3 is 0 Å². The maximum Gasteiger partial charge on any atom is 0.275 e. The van der Waals surface area contributed by atoms with Crippen LogP contribution in [0.15, 0.2) is 48.5 Å². The minimum Gasteiger partial charge on any atom is -0.497 e. The molecule has 0 bridgehead atoms. The maximum atomic E-state index is 12.2. The lowest BCUT2D eigenvalue weighted by molar-refractivity contribution is -0.892. The fourth-order valence-electron chi connectivity index (χ4n) is 3.38. The van der Waals surface area contributed by atoms with E-state index in [1.54, 1.807) is 7.11 Å². The number of quaternary nitrogens is 1. The van der Waals surface area contributed by atoms with E-state index in [0.29, 0.717) is 13.1 Å². The number of halogens is 1. The summed E-state index contributed by atoms with van der Waals surface area (Å²) in [5, 5.41) is 3.76. The van der Waals surface area contributed by atoms with Crippen LogP contribution >= 0.6 is 11.6 Å². The Balaban J connectivity index is 1.37. The van der Waals surface area contributed by atoms with Crippen molar-refractivity contribution in [2.24, 2.45) is 0 Å². The molecule has 0 unspecified atom stereocenters. The molecule has 1 amide bonds. The third kappa shape index (κ3) is 5.88. The molecule has 144 valence electrons. The molecule has 0 aromatic heterocycles. The number of ether oxygens (including phenoxy) is 1. The van der Waals surface area contributed by atoms with E-state index < -0.39 is 0 Å². The van der Waals surface area contributed by atoms with Gasteiger partial charge in [0.1, 0.15) is 5.75 Å². The standard InChI is InChI=1S/C21H26ClN3O2/c1-27-20-7-5-19(6-8-20)25-13-11-24(12-14-25)16-21(26)23-10-9-17-3-2-4-18(22)15-17/h2-8,15H,9-14,16H2,1H3,(H,23,26)/p+1. The van der Waals surface area contributed by atoms with Gasteiger partial charge in [-0.15, -0.1) is 0 Å². The number of hydrogen-bond donors (Lipinski definition) is 2. The largest absolute Gasteiger partial charge is 0.497 e. The summed E-state index contributed by atoms with van der Waals surface area (Å²) in [5.41, 5.74) is 2.35. The molecule has 1 aliphatic rings. The minimum atomic E-state index is 0.116. The monoisotopic (exact) mass is 388 g/mol. The zero-order chi connectivity index (χ0) is 19.1. The van der Waals surface area contributed by atoms with Crippen molar-refractivity contribution in [3.05, 3.63) is 59.1 Å². The van der Waals surface area contributed by atoms with Gasteiger partial charge in [0.2, 0.25) is 0 Å². The number of anilines is 1. The van der Waals surface area contributed by atoms with Gasteiger partial charge in [-0.3, -0.25) is 4.79 Å². The molecule has 2 aromatic carbocycles. The highest BCUT2D eigenvalue weighted by atomic mass is 35.5. The number of rotatable bonds is 7. The third-order valence-corrected chi connectivity index (χ3v) is 5.18. The summed E-state index contributed by atoms with van der Waals surface area (Å²) in [5.74, 6) is 0.988. The second-order valence-corrected chi connectivity index (χ2v) is 7.28. The van der Waals surface area contributed by atoms with E-state index >= 15 is 0 Å². The van der Waals surface area contributed by atoms with Crippen molar-refractivity contribution in [2.45, 2.75) is 6.42 Å². The quantitative estimate of drug-likeness (QED) is 0.754. The summed E-state index contributed by atoms with van der Waals surface area (Å²) < 4.78 is 5.21. The maximum absolute atomic E-state index is 12.2. The number of amides is 1. The molecular formula is C21H27ClN3O2+. The van der Waals surface area contributed by atoms with Crippen LogP contribution in [0.5, 0.6) is 5.75 Å². The number of benzene rings is 2. The molecule has 1 aliphatic heterocycles. The van der Waals surface area contributed by atoms with Crippen molar-refractivity contribution >= 4 is 23.2 Å². The van der Waals surface area contributed by atoms with Gasteiger partial charge in [-0.05, 0) is 48.4 Å². The molecule has 0 atom stereocenters. The average Bonchev–Trinajstić information content (AvgIpc) is 2.69. The number of carbonyl (C=O) groups excluding carboxylic acids is 1. The fourth-order valence-corrected chi connectivity index (χ4v) is 3.59. The first-order chi connectivity index (χ1) is 13.1. The van der Waals surface area contributed by atoms with E-state index in [0.717, 1.165) is 48.9 Å². The van der Waals surface area contributed by atoms with Crippen molar-refractivity contribution in [1.82, 2.24) is 5.32 Å². The molecule has 5 nitrogen and oxygen atoms in total. The number of carbonyl (C=O) groups is 1. The number of piperazine rings is 1. The highest BCUT2D eigenvalue weighted by Crippen LogP contribution is 2.18. The molecule has 6 heteroatoms. The van der Waals surface area contributed by atoms with Crippen LogP contribution in [0.3, 0.4) is 0 Å². The van der Waals surface area contributed by atoms with E-state index in [1.165, 1.54) is 10.6 Å². The Kier molecular flexibility index (Phi) is 6.96. The lowest BCUT2D eigenvalue weighted by Gasteiger charge is -2.33. The SMILES string of the molecule is COc1ccc(N2CC[NH+](CC(=O)NCCc3cccc(Cl)c3)CC2)cc1. The van der Waals surface area contributed by atoms with Crippen LogP contribution in [0.2, 0.25) is 5.02 Å². The summed E-state index contributed by atoms with van der Waals surface area (Å²) >= 11 is 5.99. The molecule has 3 rings (SSSR count). The Morgan fingerprint density at radius 3 is 2.59 bits per heavy atom. The van der Waals surface area contributed by atoms with Gasteiger partial charge in [0.05, 0.1) is 33.3 Å². The molecule has 1 saturated heterocycles. The summed E-state index contributed by atoms with van der Waals surface area (Å²) in [6.45, 7) is 5.02. The number of nitrogens with zero attached hydrogens (tertiary/aromatic N) is 1. The average molecular weight is 389 g/mol. The van der Waals surface area contributed by atoms with Crippen LogP contribution in [-0.4, -0.2) is 52.3 Å². The molecule has 0 spiro atoms. The predicted octanol–water partition coefficient (Wildman–Crippen LogP) is 1.41. The van der Waals surface area contributed by atoms with Crippen LogP contribution < -0.4 is 19.9 Å². The highest BCUT2D eigenvalue weighted by Gasteiger charge is 2.22. The summed E-state index contributed by atoms with van der Waals surface area (Å²) in [6.07, 6.45) is 0.798. The Hall–Kier alpha value is -2.24. The molecule has 1 fully saturated rings. The topological polar surface area (TPSA) is 46.0 Å². The van der Waals surface area contributed by atoms with E-state index in [1.807, 2.05) is 36.4 Å².